The van der Waals surface area contributed by atoms with Gasteiger partial charge in [-0.3, -0.25) is 4.79 Å². The quantitative estimate of drug-likeness (QED) is 0.532. The largest absolute Gasteiger partial charge is 0.497 e. The molecule has 26 heavy (non-hydrogen) atoms. The fourth-order valence-electron chi connectivity index (χ4n) is 3.43. The summed E-state index contributed by atoms with van der Waals surface area (Å²) >= 11 is 0. The molecule has 3 nitrogen and oxygen atoms in total. The highest BCUT2D eigenvalue weighted by atomic mass is 16.5. The molecule has 0 N–H and O–H groups in total. The molecule has 128 valence electrons. The lowest BCUT2D eigenvalue weighted by atomic mass is 9.92. The Morgan fingerprint density at radius 3 is 2.04 bits per heavy atom. The molecule has 4 aromatic rings. The molecule has 0 spiro atoms. The predicted octanol–water partition coefficient (Wildman–Crippen LogP) is 4.88. The second kappa shape index (κ2) is 6.52. The molecule has 3 aromatic carbocycles. The van der Waals surface area contributed by atoms with E-state index >= 15 is 0 Å². The fraction of sp³-hybridized carbons (Fsp3) is 0.0870. The maximum atomic E-state index is 13.2. The summed E-state index contributed by atoms with van der Waals surface area (Å²) in [5.41, 5.74) is 4.52. The third-order valence-corrected chi connectivity index (χ3v) is 4.74. The Kier molecular flexibility index (Phi) is 4.05. The molecule has 0 saturated carbocycles. The van der Waals surface area contributed by atoms with Crippen LogP contribution in [0, 0.1) is 0 Å². The van der Waals surface area contributed by atoms with Gasteiger partial charge in [0.1, 0.15) is 5.75 Å². The van der Waals surface area contributed by atoms with Crippen LogP contribution in [0.5, 0.6) is 5.75 Å². The zero-order valence-corrected chi connectivity index (χ0v) is 14.8. The molecule has 0 bridgehead atoms. The average molecular weight is 341 g/mol. The Hall–Kier alpha value is -3.33. The zero-order valence-electron chi connectivity index (χ0n) is 14.8. The predicted molar refractivity (Wildman–Crippen MR) is 107 cm³/mol. The van der Waals surface area contributed by atoms with Gasteiger partial charge in [-0.25, -0.2) is 0 Å². The highest BCUT2D eigenvalue weighted by Crippen LogP contribution is 2.36. The number of pyridine rings is 1. The van der Waals surface area contributed by atoms with E-state index in [4.69, 9.17) is 4.74 Å². The molecule has 0 aliphatic heterocycles. The minimum absolute atomic E-state index is 0.000665. The van der Waals surface area contributed by atoms with Gasteiger partial charge in [0.05, 0.1) is 18.2 Å². The van der Waals surface area contributed by atoms with Gasteiger partial charge in [0.15, 0.2) is 0 Å². The number of aromatic nitrogens is 1. The van der Waals surface area contributed by atoms with E-state index in [0.29, 0.717) is 0 Å². The fourth-order valence-corrected chi connectivity index (χ4v) is 3.43. The van der Waals surface area contributed by atoms with Crippen LogP contribution >= 0.6 is 0 Å². The van der Waals surface area contributed by atoms with Crippen molar-refractivity contribution < 1.29 is 4.74 Å². The number of rotatable bonds is 3. The number of para-hydroxylation sites is 1. The topological polar surface area (TPSA) is 31.2 Å². The van der Waals surface area contributed by atoms with Crippen LogP contribution in [-0.2, 0) is 7.05 Å². The van der Waals surface area contributed by atoms with Crippen molar-refractivity contribution >= 4 is 10.9 Å². The highest BCUT2D eigenvalue weighted by Gasteiger charge is 2.18. The van der Waals surface area contributed by atoms with E-state index in [9.17, 15) is 4.79 Å². The summed E-state index contributed by atoms with van der Waals surface area (Å²) in [7, 11) is 3.48. The highest BCUT2D eigenvalue weighted by molar-refractivity contribution is 6.02. The van der Waals surface area contributed by atoms with Crippen LogP contribution in [0.25, 0.3) is 33.2 Å². The number of benzene rings is 3. The first-order valence-electron chi connectivity index (χ1n) is 8.52. The first kappa shape index (κ1) is 16.2. The Labute approximate surface area is 152 Å². The smallest absolute Gasteiger partial charge is 0.259 e. The van der Waals surface area contributed by atoms with Gasteiger partial charge >= 0.3 is 0 Å². The number of fused-ring (bicyclic) bond motifs is 1. The molecule has 0 atom stereocenters. The van der Waals surface area contributed by atoms with Crippen LogP contribution in [0.2, 0.25) is 0 Å². The summed E-state index contributed by atoms with van der Waals surface area (Å²) in [5, 5.41) is 1.05. The number of ether oxygens (including phenoxy) is 1. The molecule has 0 saturated heterocycles. The molecular weight excluding hydrogens is 322 g/mol. The molecule has 3 heteroatoms. The van der Waals surface area contributed by atoms with Crippen LogP contribution in [0.3, 0.4) is 0 Å². The van der Waals surface area contributed by atoms with Gasteiger partial charge in [-0.2, -0.15) is 0 Å². The number of nitrogens with zero attached hydrogens (tertiary/aromatic N) is 1. The lowest BCUT2D eigenvalue weighted by molar-refractivity contribution is 0.415. The van der Waals surface area contributed by atoms with Crippen molar-refractivity contribution in [3.8, 4) is 28.0 Å². The number of hydrogen-bond acceptors (Lipinski definition) is 2. The monoisotopic (exact) mass is 341 g/mol. The van der Waals surface area contributed by atoms with E-state index in [-0.39, 0.29) is 5.56 Å². The summed E-state index contributed by atoms with van der Waals surface area (Å²) in [6, 6.07) is 25.7. The third-order valence-electron chi connectivity index (χ3n) is 4.74. The molecule has 0 aliphatic carbocycles. The summed E-state index contributed by atoms with van der Waals surface area (Å²) < 4.78 is 7.01. The van der Waals surface area contributed by atoms with E-state index in [0.717, 1.165) is 38.9 Å². The van der Waals surface area contributed by atoms with Gasteiger partial charge < -0.3 is 9.30 Å². The van der Waals surface area contributed by atoms with Crippen molar-refractivity contribution in [1.82, 2.24) is 4.57 Å². The van der Waals surface area contributed by atoms with Crippen molar-refractivity contribution in [2.75, 3.05) is 7.11 Å². The molecule has 1 aromatic heterocycles. The van der Waals surface area contributed by atoms with Crippen LogP contribution < -0.4 is 10.3 Å². The summed E-state index contributed by atoms with van der Waals surface area (Å²) in [5.74, 6) is 0.795. The van der Waals surface area contributed by atoms with E-state index in [1.165, 1.54) is 0 Å². The SMILES string of the molecule is COc1ccc(-c2c(-c3ccccc3)c(=O)n(C)c3ccccc23)cc1. The first-order valence-corrected chi connectivity index (χ1v) is 8.52. The maximum absolute atomic E-state index is 13.2. The molecule has 0 aliphatic rings. The second-order valence-electron chi connectivity index (χ2n) is 6.23. The van der Waals surface area contributed by atoms with Crippen LogP contribution in [-0.4, -0.2) is 11.7 Å². The van der Waals surface area contributed by atoms with Crippen molar-refractivity contribution in [3.05, 3.63) is 89.2 Å². The lowest BCUT2D eigenvalue weighted by Crippen LogP contribution is -2.20. The molecule has 0 radical (unpaired) electrons. The molecule has 4 rings (SSSR count). The van der Waals surface area contributed by atoms with Crippen molar-refractivity contribution in [2.24, 2.45) is 7.05 Å². The minimum atomic E-state index is 0.000665. The van der Waals surface area contributed by atoms with Gasteiger partial charge in [-0.15, -0.1) is 0 Å². The van der Waals surface area contributed by atoms with Crippen molar-refractivity contribution in [2.45, 2.75) is 0 Å². The third kappa shape index (κ3) is 2.58. The molecule has 0 fully saturated rings. The first-order chi connectivity index (χ1) is 12.7. The van der Waals surface area contributed by atoms with Gasteiger partial charge in [0.25, 0.3) is 5.56 Å². The Balaban J connectivity index is 2.15. The van der Waals surface area contributed by atoms with Gasteiger partial charge in [0.2, 0.25) is 0 Å². The molecule has 0 amide bonds. The van der Waals surface area contributed by atoms with E-state index < -0.39 is 0 Å². The number of hydrogen-bond donors (Lipinski definition) is 0. The van der Waals surface area contributed by atoms with E-state index in [1.54, 1.807) is 11.7 Å². The maximum Gasteiger partial charge on any atom is 0.259 e. The van der Waals surface area contributed by atoms with E-state index in [2.05, 4.69) is 6.07 Å². The number of aryl methyl sites for hydroxylation is 1. The van der Waals surface area contributed by atoms with Gasteiger partial charge in [0, 0.05) is 18.0 Å². The van der Waals surface area contributed by atoms with Gasteiger partial charge in [-0.1, -0.05) is 60.7 Å². The molecule has 0 unspecified atom stereocenters. The summed E-state index contributed by atoms with van der Waals surface area (Å²) in [4.78, 5) is 13.2. The van der Waals surface area contributed by atoms with Crippen molar-refractivity contribution in [3.63, 3.8) is 0 Å². The normalized spacial score (nSPS) is 10.8. The molecular formula is C23H19NO2. The number of methoxy groups -OCH3 is 1. The van der Waals surface area contributed by atoms with Crippen molar-refractivity contribution in [1.29, 1.82) is 0 Å². The minimum Gasteiger partial charge on any atom is -0.497 e. The van der Waals surface area contributed by atoms with Crippen LogP contribution in [0.4, 0.5) is 0 Å². The second-order valence-corrected chi connectivity index (χ2v) is 6.23. The van der Waals surface area contributed by atoms with E-state index in [1.807, 2.05) is 79.8 Å². The average Bonchev–Trinajstić information content (AvgIpc) is 2.71. The Bertz CT molecular complexity index is 1130. The van der Waals surface area contributed by atoms with Gasteiger partial charge in [-0.05, 0) is 29.3 Å². The molecule has 1 heterocycles. The van der Waals surface area contributed by atoms with Crippen LogP contribution in [0.1, 0.15) is 0 Å². The zero-order chi connectivity index (χ0) is 18.1. The van der Waals surface area contributed by atoms with Crippen LogP contribution in [0.15, 0.2) is 83.7 Å². The Morgan fingerprint density at radius 2 is 1.35 bits per heavy atom. The standard InChI is InChI=1S/C23H19NO2/c1-24-20-11-7-6-10-19(20)21(17-12-14-18(26-2)15-13-17)22(23(24)25)16-8-4-3-5-9-16/h3-15H,1-2H3. The Morgan fingerprint density at radius 1 is 0.731 bits per heavy atom. The summed E-state index contributed by atoms with van der Waals surface area (Å²) in [6.45, 7) is 0. The lowest BCUT2D eigenvalue weighted by Gasteiger charge is -2.16. The summed E-state index contributed by atoms with van der Waals surface area (Å²) in [6.07, 6.45) is 0.